The largest absolute Gasteiger partial charge is 0.295 e. The summed E-state index contributed by atoms with van der Waals surface area (Å²) in [4.78, 5) is 49.8. The maximum atomic E-state index is 12.7. The number of imide groups is 2. The lowest BCUT2D eigenvalue weighted by Gasteiger charge is -2.42. The van der Waals surface area contributed by atoms with Crippen LogP contribution >= 0.6 is 0 Å². The second-order valence-corrected chi connectivity index (χ2v) is 6.74. The van der Waals surface area contributed by atoms with E-state index in [9.17, 15) is 19.2 Å². The van der Waals surface area contributed by atoms with Crippen LogP contribution in [-0.2, 0) is 19.2 Å². The molecule has 21 heavy (non-hydrogen) atoms. The zero-order chi connectivity index (χ0) is 14.7. The Labute approximate surface area is 122 Å². The number of hydrogen-bond acceptors (Lipinski definition) is 4. The molecule has 0 aromatic carbocycles. The fourth-order valence-electron chi connectivity index (χ4n) is 4.83. The average molecular weight is 290 g/mol. The zero-order valence-corrected chi connectivity index (χ0v) is 11.7. The van der Waals surface area contributed by atoms with Crippen molar-refractivity contribution in [3.8, 4) is 0 Å². The Morgan fingerprint density at radius 3 is 1.81 bits per heavy atom. The summed E-state index contributed by atoms with van der Waals surface area (Å²) in [6.07, 6.45) is 4.54. The second kappa shape index (κ2) is 4.39. The molecule has 5 rings (SSSR count). The molecule has 5 aliphatic rings. The van der Waals surface area contributed by atoms with E-state index in [-0.39, 0.29) is 42.4 Å². The van der Waals surface area contributed by atoms with Gasteiger partial charge in [0.25, 0.3) is 0 Å². The van der Waals surface area contributed by atoms with Crippen molar-refractivity contribution in [2.24, 2.45) is 23.7 Å². The normalized spacial score (nSPS) is 42.3. The highest BCUT2D eigenvalue weighted by atomic mass is 16.2. The number of carbonyl (C=O) groups is 4. The molecule has 0 aromatic heterocycles. The van der Waals surface area contributed by atoms with Gasteiger partial charge in [0.15, 0.2) is 0 Å². The molecule has 0 aromatic rings. The number of rotatable bonds is 1. The van der Waals surface area contributed by atoms with Crippen molar-refractivity contribution in [3.05, 3.63) is 0 Å². The molecule has 2 aliphatic heterocycles. The molecule has 3 saturated carbocycles. The van der Waals surface area contributed by atoms with Gasteiger partial charge in [-0.1, -0.05) is 0 Å². The van der Waals surface area contributed by atoms with Gasteiger partial charge in [-0.15, -0.1) is 0 Å². The molecule has 2 saturated heterocycles. The Hall–Kier alpha value is -1.72. The van der Waals surface area contributed by atoms with Crippen molar-refractivity contribution in [1.29, 1.82) is 0 Å². The standard InChI is InChI=1S/C15H18N2O4/c18-10-6-5-9(13(19)16-10)17-14(20)11-7-1-2-8(4-3-7)12(11)15(17)21/h7-9,11-12H,1-6H2,(H,16,18,19)/t7?,8?,9-,11-,12+/m1/s1. The van der Waals surface area contributed by atoms with Gasteiger partial charge in [-0.05, 0) is 43.9 Å². The Balaban J connectivity index is 1.65. The third kappa shape index (κ3) is 1.71. The van der Waals surface area contributed by atoms with Crippen LogP contribution < -0.4 is 5.32 Å². The molecule has 3 atom stereocenters. The monoisotopic (exact) mass is 290 g/mol. The summed E-state index contributed by atoms with van der Waals surface area (Å²) in [6.45, 7) is 0. The highest BCUT2D eigenvalue weighted by molar-refractivity contribution is 6.11. The summed E-state index contributed by atoms with van der Waals surface area (Å²) >= 11 is 0. The number of fused-ring (bicyclic) bond motifs is 2. The minimum atomic E-state index is -0.785. The molecular formula is C15H18N2O4. The van der Waals surface area contributed by atoms with E-state index in [4.69, 9.17) is 0 Å². The number of carbonyl (C=O) groups excluding carboxylic acids is 4. The fraction of sp³-hybridized carbons (Fsp3) is 0.733. The van der Waals surface area contributed by atoms with Crippen molar-refractivity contribution in [2.45, 2.75) is 44.6 Å². The third-order valence-corrected chi connectivity index (χ3v) is 5.79. The highest BCUT2D eigenvalue weighted by Gasteiger charge is 2.60. The van der Waals surface area contributed by atoms with Crippen LogP contribution in [0.5, 0.6) is 0 Å². The molecule has 2 heterocycles. The van der Waals surface area contributed by atoms with Gasteiger partial charge in [0.05, 0.1) is 11.8 Å². The first-order chi connectivity index (χ1) is 10.1. The number of hydrogen-bond donors (Lipinski definition) is 1. The van der Waals surface area contributed by atoms with Gasteiger partial charge in [0.2, 0.25) is 23.6 Å². The Bertz CT molecular complexity index is 520. The van der Waals surface area contributed by atoms with Crippen LogP contribution in [0, 0.1) is 23.7 Å². The molecule has 0 radical (unpaired) electrons. The molecule has 6 nitrogen and oxygen atoms in total. The first-order valence-corrected chi connectivity index (χ1v) is 7.78. The van der Waals surface area contributed by atoms with E-state index < -0.39 is 11.9 Å². The Morgan fingerprint density at radius 1 is 0.810 bits per heavy atom. The molecule has 1 N–H and O–H groups in total. The van der Waals surface area contributed by atoms with Crippen LogP contribution in [0.1, 0.15) is 38.5 Å². The molecular weight excluding hydrogens is 272 g/mol. The van der Waals surface area contributed by atoms with E-state index in [1.165, 1.54) is 4.90 Å². The zero-order valence-electron chi connectivity index (χ0n) is 11.7. The fourth-order valence-corrected chi connectivity index (χ4v) is 4.83. The van der Waals surface area contributed by atoms with Crippen LogP contribution in [0.3, 0.4) is 0 Å². The quantitative estimate of drug-likeness (QED) is 0.700. The number of likely N-dealkylation sites (tertiary alicyclic amines) is 1. The van der Waals surface area contributed by atoms with Gasteiger partial charge in [-0.3, -0.25) is 29.4 Å². The lowest BCUT2D eigenvalue weighted by Crippen LogP contribution is -2.54. The lowest BCUT2D eigenvalue weighted by molar-refractivity contribution is -0.151. The van der Waals surface area contributed by atoms with E-state index >= 15 is 0 Å². The lowest BCUT2D eigenvalue weighted by atomic mass is 9.59. The van der Waals surface area contributed by atoms with Crippen LogP contribution in [0.4, 0.5) is 0 Å². The molecule has 112 valence electrons. The maximum absolute atomic E-state index is 12.7. The summed E-state index contributed by atoms with van der Waals surface area (Å²) in [5.41, 5.74) is 0. The van der Waals surface area contributed by atoms with Gasteiger partial charge < -0.3 is 0 Å². The minimum absolute atomic E-state index is 0.172. The highest BCUT2D eigenvalue weighted by Crippen LogP contribution is 2.53. The predicted molar refractivity (Wildman–Crippen MR) is 70.5 cm³/mol. The maximum Gasteiger partial charge on any atom is 0.249 e. The SMILES string of the molecule is O=C1CC[C@@H](N2C(=O)[C@@H]3C4CCC(CC4)[C@@H]3C2=O)C(=O)N1. The van der Waals surface area contributed by atoms with E-state index in [0.717, 1.165) is 25.7 Å². The Morgan fingerprint density at radius 2 is 1.33 bits per heavy atom. The topological polar surface area (TPSA) is 83.6 Å². The summed E-state index contributed by atoms with van der Waals surface area (Å²) in [7, 11) is 0. The summed E-state index contributed by atoms with van der Waals surface area (Å²) < 4.78 is 0. The predicted octanol–water partition coefficient (Wildman–Crippen LogP) is 0.213. The molecule has 4 amide bonds. The Kier molecular flexibility index (Phi) is 2.71. The number of piperidine rings is 1. The average Bonchev–Trinajstić information content (AvgIpc) is 2.75. The van der Waals surface area contributed by atoms with E-state index in [1.807, 2.05) is 0 Å². The van der Waals surface area contributed by atoms with Crippen LogP contribution in [0.2, 0.25) is 0 Å². The van der Waals surface area contributed by atoms with Crippen molar-refractivity contribution >= 4 is 23.6 Å². The van der Waals surface area contributed by atoms with Crippen molar-refractivity contribution in [1.82, 2.24) is 10.2 Å². The van der Waals surface area contributed by atoms with Gasteiger partial charge in [0.1, 0.15) is 6.04 Å². The van der Waals surface area contributed by atoms with E-state index in [2.05, 4.69) is 5.32 Å². The van der Waals surface area contributed by atoms with Gasteiger partial charge >= 0.3 is 0 Å². The van der Waals surface area contributed by atoms with Crippen LogP contribution in [0.25, 0.3) is 0 Å². The van der Waals surface area contributed by atoms with Crippen LogP contribution in [-0.4, -0.2) is 34.6 Å². The number of nitrogens with one attached hydrogen (secondary N) is 1. The van der Waals surface area contributed by atoms with Gasteiger partial charge in [-0.25, -0.2) is 0 Å². The second-order valence-electron chi connectivity index (χ2n) is 6.74. The van der Waals surface area contributed by atoms with E-state index in [1.54, 1.807) is 0 Å². The molecule has 6 heteroatoms. The van der Waals surface area contributed by atoms with Gasteiger partial charge in [0, 0.05) is 6.42 Å². The number of nitrogens with zero attached hydrogens (tertiary/aromatic N) is 1. The van der Waals surface area contributed by atoms with Crippen molar-refractivity contribution < 1.29 is 19.2 Å². The van der Waals surface area contributed by atoms with Crippen molar-refractivity contribution in [2.75, 3.05) is 0 Å². The molecule has 0 unspecified atom stereocenters. The first-order valence-electron chi connectivity index (χ1n) is 7.78. The number of amides is 4. The third-order valence-electron chi connectivity index (χ3n) is 5.79. The first kappa shape index (κ1) is 13.0. The molecule has 2 bridgehead atoms. The smallest absolute Gasteiger partial charge is 0.249 e. The van der Waals surface area contributed by atoms with Gasteiger partial charge in [-0.2, -0.15) is 0 Å². The summed E-state index contributed by atoms with van der Waals surface area (Å²) in [5, 5.41) is 2.24. The minimum Gasteiger partial charge on any atom is -0.295 e. The molecule has 0 spiro atoms. The summed E-state index contributed by atoms with van der Waals surface area (Å²) in [6, 6.07) is -0.785. The van der Waals surface area contributed by atoms with Crippen LogP contribution in [0.15, 0.2) is 0 Å². The summed E-state index contributed by atoms with van der Waals surface area (Å²) in [5.74, 6) is -0.995. The molecule has 3 aliphatic carbocycles. The molecule has 5 fully saturated rings. The van der Waals surface area contributed by atoms with E-state index in [0.29, 0.717) is 11.8 Å². The van der Waals surface area contributed by atoms with Crippen molar-refractivity contribution in [3.63, 3.8) is 0 Å².